The van der Waals surface area contributed by atoms with Crippen LogP contribution in [0.25, 0.3) is 0 Å². The molecule has 4 heteroatoms. The third-order valence-electron chi connectivity index (χ3n) is 3.67. The lowest BCUT2D eigenvalue weighted by Gasteiger charge is -2.33. The van der Waals surface area contributed by atoms with Crippen LogP contribution >= 0.6 is 11.5 Å². The predicted molar refractivity (Wildman–Crippen MR) is 73.7 cm³/mol. The van der Waals surface area contributed by atoms with Crippen LogP contribution in [0.3, 0.4) is 0 Å². The van der Waals surface area contributed by atoms with Gasteiger partial charge in [-0.15, -0.1) is 0 Å². The van der Waals surface area contributed by atoms with E-state index in [1.165, 1.54) is 37.2 Å². The molecule has 96 valence electrons. The summed E-state index contributed by atoms with van der Waals surface area (Å²) in [5.41, 5.74) is 0.524. The molecule has 0 aromatic carbocycles. The molecule has 1 fully saturated rings. The molecule has 1 aromatic rings. The van der Waals surface area contributed by atoms with Crippen molar-refractivity contribution in [1.29, 1.82) is 0 Å². The van der Waals surface area contributed by atoms with Crippen LogP contribution in [0.2, 0.25) is 0 Å². The van der Waals surface area contributed by atoms with Gasteiger partial charge in [0.2, 0.25) is 5.13 Å². The summed E-state index contributed by atoms with van der Waals surface area (Å²) in [6, 6.07) is 0. The molecule has 1 saturated carbocycles. The number of rotatable bonds is 4. The van der Waals surface area contributed by atoms with Gasteiger partial charge in [0.05, 0.1) is 0 Å². The summed E-state index contributed by atoms with van der Waals surface area (Å²) in [4.78, 5) is 4.62. The molecule has 0 spiro atoms. The first-order valence-corrected chi connectivity index (χ1v) is 7.45. The summed E-state index contributed by atoms with van der Waals surface area (Å²) in [6.07, 6.45) is 6.23. The van der Waals surface area contributed by atoms with Gasteiger partial charge in [0.25, 0.3) is 0 Å². The molecule has 17 heavy (non-hydrogen) atoms. The highest BCUT2D eigenvalue weighted by Gasteiger charge is 2.29. The maximum Gasteiger partial charge on any atom is 0.202 e. The molecule has 1 aliphatic carbocycles. The fraction of sp³-hybridized carbons (Fsp3) is 0.846. The zero-order valence-electron chi connectivity index (χ0n) is 11.1. The van der Waals surface area contributed by atoms with E-state index >= 15 is 0 Å². The molecular weight excluding hydrogens is 230 g/mol. The Kier molecular flexibility index (Phi) is 4.02. The lowest BCUT2D eigenvalue weighted by molar-refractivity contribution is 0.221. The molecule has 0 atom stereocenters. The molecule has 1 heterocycles. The quantitative estimate of drug-likeness (QED) is 0.880. The van der Waals surface area contributed by atoms with Crippen LogP contribution in [-0.4, -0.2) is 15.9 Å². The lowest BCUT2D eigenvalue weighted by Crippen LogP contribution is -2.20. The lowest BCUT2D eigenvalue weighted by atomic mass is 9.73. The summed E-state index contributed by atoms with van der Waals surface area (Å²) >= 11 is 1.51. The first kappa shape index (κ1) is 12.8. The van der Waals surface area contributed by atoms with Crippen molar-refractivity contribution in [2.75, 3.05) is 11.9 Å². The fourth-order valence-corrected chi connectivity index (χ4v) is 3.03. The van der Waals surface area contributed by atoms with Gasteiger partial charge in [-0.2, -0.15) is 4.37 Å². The van der Waals surface area contributed by atoms with Crippen molar-refractivity contribution in [3.63, 3.8) is 0 Å². The first-order valence-electron chi connectivity index (χ1n) is 6.68. The third-order valence-corrected chi connectivity index (χ3v) is 4.36. The van der Waals surface area contributed by atoms with Crippen LogP contribution in [0.1, 0.15) is 64.6 Å². The average molecular weight is 253 g/mol. The minimum atomic E-state index is 0.524. The molecule has 2 rings (SSSR count). The number of anilines is 1. The number of hydrogen-bond acceptors (Lipinski definition) is 4. The molecule has 0 amide bonds. The van der Waals surface area contributed by atoms with Crippen LogP contribution < -0.4 is 5.32 Å². The van der Waals surface area contributed by atoms with Crippen molar-refractivity contribution in [1.82, 2.24) is 9.36 Å². The van der Waals surface area contributed by atoms with Gasteiger partial charge in [-0.25, -0.2) is 4.98 Å². The minimum Gasteiger partial charge on any atom is -0.360 e. The average Bonchev–Trinajstić information content (AvgIpc) is 2.75. The van der Waals surface area contributed by atoms with Crippen molar-refractivity contribution < 1.29 is 0 Å². The molecule has 0 bridgehead atoms. The van der Waals surface area contributed by atoms with Crippen LogP contribution in [0.15, 0.2) is 0 Å². The first-order chi connectivity index (χ1) is 8.11. The van der Waals surface area contributed by atoms with Crippen LogP contribution in [0.5, 0.6) is 0 Å². The molecule has 3 nitrogen and oxygen atoms in total. The Bertz CT molecular complexity index is 349. The van der Waals surface area contributed by atoms with E-state index in [2.05, 4.69) is 35.4 Å². The summed E-state index contributed by atoms with van der Waals surface area (Å²) in [5, 5.41) is 4.31. The van der Waals surface area contributed by atoms with Crippen molar-refractivity contribution in [2.45, 2.75) is 58.8 Å². The standard InChI is InChI=1S/C13H23N3S/c1-4-9-14-12-15-11(16-17-12)10-5-7-13(2,3)8-6-10/h10H,4-9H2,1-3H3,(H,14,15,16). The molecule has 1 aliphatic rings. The van der Waals surface area contributed by atoms with E-state index in [1.54, 1.807) is 0 Å². The number of hydrogen-bond donors (Lipinski definition) is 1. The summed E-state index contributed by atoms with van der Waals surface area (Å²) in [7, 11) is 0. The second kappa shape index (κ2) is 5.34. The van der Waals surface area contributed by atoms with Gasteiger partial charge in [-0.05, 0) is 37.5 Å². The molecule has 0 aliphatic heterocycles. The van der Waals surface area contributed by atoms with Crippen LogP contribution in [-0.2, 0) is 0 Å². The number of nitrogens with zero attached hydrogens (tertiary/aromatic N) is 2. The van der Waals surface area contributed by atoms with Crippen molar-refractivity contribution in [3.8, 4) is 0 Å². The van der Waals surface area contributed by atoms with E-state index in [9.17, 15) is 0 Å². The van der Waals surface area contributed by atoms with Gasteiger partial charge in [0.15, 0.2) is 0 Å². The SMILES string of the molecule is CCCNc1nc(C2CCC(C)(C)CC2)ns1. The van der Waals surface area contributed by atoms with Gasteiger partial charge >= 0.3 is 0 Å². The van der Waals surface area contributed by atoms with E-state index in [0.717, 1.165) is 23.9 Å². The predicted octanol–water partition coefficient (Wildman–Crippen LogP) is 4.04. The van der Waals surface area contributed by atoms with Crippen LogP contribution in [0, 0.1) is 5.41 Å². The highest BCUT2D eigenvalue weighted by Crippen LogP contribution is 2.41. The van der Waals surface area contributed by atoms with Gasteiger partial charge in [0, 0.05) is 24.0 Å². The van der Waals surface area contributed by atoms with E-state index < -0.39 is 0 Å². The molecule has 1 aromatic heterocycles. The largest absolute Gasteiger partial charge is 0.360 e. The summed E-state index contributed by atoms with van der Waals surface area (Å²) < 4.78 is 4.51. The molecule has 0 saturated heterocycles. The Balaban J connectivity index is 1.92. The Morgan fingerprint density at radius 1 is 1.35 bits per heavy atom. The van der Waals surface area contributed by atoms with E-state index in [-0.39, 0.29) is 0 Å². The Hall–Kier alpha value is -0.640. The third kappa shape index (κ3) is 3.41. The summed E-state index contributed by atoms with van der Waals surface area (Å²) in [6.45, 7) is 7.89. The Morgan fingerprint density at radius 3 is 2.71 bits per heavy atom. The maximum atomic E-state index is 4.62. The molecular formula is C13H23N3S. The fourth-order valence-electron chi connectivity index (χ4n) is 2.36. The number of aromatic nitrogens is 2. The topological polar surface area (TPSA) is 37.8 Å². The van der Waals surface area contributed by atoms with E-state index in [0.29, 0.717) is 11.3 Å². The van der Waals surface area contributed by atoms with Gasteiger partial charge in [0.1, 0.15) is 5.82 Å². The molecule has 0 unspecified atom stereocenters. The highest BCUT2D eigenvalue weighted by atomic mass is 32.1. The summed E-state index contributed by atoms with van der Waals surface area (Å²) in [5.74, 6) is 1.67. The van der Waals surface area contributed by atoms with E-state index in [4.69, 9.17) is 0 Å². The van der Waals surface area contributed by atoms with Crippen molar-refractivity contribution in [3.05, 3.63) is 5.82 Å². The minimum absolute atomic E-state index is 0.524. The smallest absolute Gasteiger partial charge is 0.202 e. The zero-order valence-corrected chi connectivity index (χ0v) is 11.9. The van der Waals surface area contributed by atoms with Gasteiger partial charge in [-0.1, -0.05) is 20.8 Å². The molecule has 1 N–H and O–H groups in total. The number of nitrogens with one attached hydrogen (secondary N) is 1. The maximum absolute atomic E-state index is 4.62. The van der Waals surface area contributed by atoms with Crippen LogP contribution in [0.4, 0.5) is 5.13 Å². The van der Waals surface area contributed by atoms with Crippen molar-refractivity contribution >= 4 is 16.7 Å². The normalized spacial score (nSPS) is 20.4. The zero-order chi connectivity index (χ0) is 12.3. The van der Waals surface area contributed by atoms with Crippen molar-refractivity contribution in [2.24, 2.45) is 5.41 Å². The second-order valence-electron chi connectivity index (χ2n) is 5.82. The Morgan fingerprint density at radius 2 is 2.06 bits per heavy atom. The van der Waals surface area contributed by atoms with Gasteiger partial charge < -0.3 is 5.32 Å². The Labute approximate surface area is 108 Å². The monoisotopic (exact) mass is 253 g/mol. The van der Waals surface area contributed by atoms with Gasteiger partial charge in [-0.3, -0.25) is 0 Å². The highest BCUT2D eigenvalue weighted by molar-refractivity contribution is 7.09. The molecule has 0 radical (unpaired) electrons. The second-order valence-corrected chi connectivity index (χ2v) is 6.57. The van der Waals surface area contributed by atoms with E-state index in [1.807, 2.05) is 0 Å².